The number of hydrogen-bond acceptors (Lipinski definition) is 5. The zero-order valence-corrected chi connectivity index (χ0v) is 18.6. The molecule has 0 atom stereocenters. The predicted molar refractivity (Wildman–Crippen MR) is 120 cm³/mol. The Morgan fingerprint density at radius 1 is 0.933 bits per heavy atom. The van der Waals surface area contributed by atoms with Gasteiger partial charge >= 0.3 is 0 Å². The first-order valence-corrected chi connectivity index (χ1v) is 10.2. The number of likely N-dealkylation sites (N-methyl/N-ethyl adjacent to an activating group) is 1. The Bertz CT molecular complexity index is 872. The SMILES string of the molecule is CCOc1ccc(OCC)c(NC(=O)CN(C)CC(=O)Nc2c(Cl)cccc2Cl)c1. The monoisotopic (exact) mass is 453 g/mol. The largest absolute Gasteiger partial charge is 0.494 e. The number of rotatable bonds is 10. The molecular formula is C21H25Cl2N3O4. The first-order valence-electron chi connectivity index (χ1n) is 9.45. The summed E-state index contributed by atoms with van der Waals surface area (Å²) < 4.78 is 11.0. The van der Waals surface area contributed by atoms with Crippen LogP contribution >= 0.6 is 23.2 Å². The van der Waals surface area contributed by atoms with E-state index in [4.69, 9.17) is 32.7 Å². The molecule has 0 spiro atoms. The number of para-hydroxylation sites is 1. The van der Waals surface area contributed by atoms with Gasteiger partial charge in [0.25, 0.3) is 0 Å². The van der Waals surface area contributed by atoms with E-state index in [-0.39, 0.29) is 24.9 Å². The maximum Gasteiger partial charge on any atom is 0.238 e. The summed E-state index contributed by atoms with van der Waals surface area (Å²) in [5, 5.41) is 6.16. The average Bonchev–Trinajstić information content (AvgIpc) is 2.67. The zero-order valence-electron chi connectivity index (χ0n) is 17.1. The van der Waals surface area contributed by atoms with E-state index in [9.17, 15) is 9.59 Å². The minimum Gasteiger partial charge on any atom is -0.494 e. The van der Waals surface area contributed by atoms with E-state index in [0.717, 1.165) is 0 Å². The van der Waals surface area contributed by atoms with E-state index in [1.165, 1.54) is 0 Å². The van der Waals surface area contributed by atoms with Gasteiger partial charge in [-0.3, -0.25) is 14.5 Å². The average molecular weight is 454 g/mol. The molecule has 2 aromatic rings. The summed E-state index contributed by atoms with van der Waals surface area (Å²) in [4.78, 5) is 26.3. The molecule has 0 fully saturated rings. The molecule has 0 unspecified atom stereocenters. The van der Waals surface area contributed by atoms with Crippen molar-refractivity contribution < 1.29 is 19.1 Å². The number of nitrogens with zero attached hydrogens (tertiary/aromatic N) is 1. The number of carbonyl (C=O) groups excluding carboxylic acids is 2. The van der Waals surface area contributed by atoms with Crippen LogP contribution in [-0.2, 0) is 9.59 Å². The third-order valence-corrected chi connectivity index (χ3v) is 4.52. The minimum atomic E-state index is -0.339. The number of hydrogen-bond donors (Lipinski definition) is 2. The van der Waals surface area contributed by atoms with Crippen LogP contribution in [0.4, 0.5) is 11.4 Å². The van der Waals surface area contributed by atoms with Crippen molar-refractivity contribution >= 4 is 46.4 Å². The Kier molecular flexibility index (Phi) is 9.23. The van der Waals surface area contributed by atoms with Crippen LogP contribution in [0, 0.1) is 0 Å². The highest BCUT2D eigenvalue weighted by molar-refractivity contribution is 6.39. The molecule has 2 N–H and O–H groups in total. The summed E-state index contributed by atoms with van der Waals surface area (Å²) in [6.45, 7) is 4.68. The fourth-order valence-electron chi connectivity index (χ4n) is 2.68. The Morgan fingerprint density at radius 2 is 1.53 bits per heavy atom. The van der Waals surface area contributed by atoms with Crippen LogP contribution in [0.5, 0.6) is 11.5 Å². The second-order valence-corrected chi connectivity index (χ2v) is 7.20. The van der Waals surface area contributed by atoms with Crippen LogP contribution in [0.15, 0.2) is 36.4 Å². The second-order valence-electron chi connectivity index (χ2n) is 6.39. The van der Waals surface area contributed by atoms with Crippen LogP contribution < -0.4 is 20.1 Å². The van der Waals surface area contributed by atoms with E-state index in [1.54, 1.807) is 48.3 Å². The van der Waals surface area contributed by atoms with Gasteiger partial charge in [-0.25, -0.2) is 0 Å². The molecule has 0 bridgehead atoms. The van der Waals surface area contributed by atoms with Crippen LogP contribution in [0.3, 0.4) is 0 Å². The molecule has 0 saturated heterocycles. The molecular weight excluding hydrogens is 429 g/mol. The molecule has 0 aromatic heterocycles. The van der Waals surface area contributed by atoms with Gasteiger partial charge < -0.3 is 20.1 Å². The smallest absolute Gasteiger partial charge is 0.238 e. The molecule has 162 valence electrons. The van der Waals surface area contributed by atoms with Gasteiger partial charge in [0.1, 0.15) is 11.5 Å². The summed E-state index contributed by atoms with van der Waals surface area (Å²) in [5.74, 6) is 0.535. The fourth-order valence-corrected chi connectivity index (χ4v) is 3.17. The normalized spacial score (nSPS) is 10.6. The third kappa shape index (κ3) is 7.09. The molecule has 0 radical (unpaired) electrons. The molecule has 2 rings (SSSR count). The lowest BCUT2D eigenvalue weighted by atomic mass is 10.2. The van der Waals surface area contributed by atoms with E-state index in [1.807, 2.05) is 13.8 Å². The summed E-state index contributed by atoms with van der Waals surface area (Å²) in [7, 11) is 1.66. The lowest BCUT2D eigenvalue weighted by Gasteiger charge is -2.18. The van der Waals surface area contributed by atoms with Gasteiger partial charge in [0.15, 0.2) is 0 Å². The quantitative estimate of drug-likeness (QED) is 0.560. The number of amides is 2. The van der Waals surface area contributed by atoms with Crippen molar-refractivity contribution in [2.24, 2.45) is 0 Å². The Hall–Kier alpha value is -2.48. The first kappa shape index (κ1) is 23.8. The van der Waals surface area contributed by atoms with Crippen LogP contribution in [-0.4, -0.2) is 50.1 Å². The summed E-state index contributed by atoms with van der Waals surface area (Å²) >= 11 is 12.1. The van der Waals surface area contributed by atoms with Crippen molar-refractivity contribution in [3.8, 4) is 11.5 Å². The van der Waals surface area contributed by atoms with E-state index < -0.39 is 0 Å². The Morgan fingerprint density at radius 3 is 2.13 bits per heavy atom. The molecule has 0 heterocycles. The summed E-state index contributed by atoms with van der Waals surface area (Å²) in [6.07, 6.45) is 0. The molecule has 0 aliphatic heterocycles. The molecule has 7 nitrogen and oxygen atoms in total. The number of nitrogens with one attached hydrogen (secondary N) is 2. The van der Waals surface area contributed by atoms with Gasteiger partial charge in [-0.05, 0) is 45.2 Å². The number of carbonyl (C=O) groups is 2. The lowest BCUT2D eigenvalue weighted by Crippen LogP contribution is -2.36. The zero-order chi connectivity index (χ0) is 22.1. The Balaban J connectivity index is 1.95. The number of benzene rings is 2. The van der Waals surface area contributed by atoms with Crippen LogP contribution in [0.25, 0.3) is 0 Å². The highest BCUT2D eigenvalue weighted by atomic mass is 35.5. The van der Waals surface area contributed by atoms with Gasteiger partial charge in [0, 0.05) is 6.07 Å². The van der Waals surface area contributed by atoms with Gasteiger partial charge in [-0.15, -0.1) is 0 Å². The van der Waals surface area contributed by atoms with E-state index in [0.29, 0.717) is 46.1 Å². The predicted octanol–water partition coefficient (Wildman–Crippen LogP) is 4.30. The summed E-state index contributed by atoms with van der Waals surface area (Å²) in [5.41, 5.74) is 0.853. The minimum absolute atomic E-state index is 0.00585. The third-order valence-electron chi connectivity index (χ3n) is 3.89. The fraction of sp³-hybridized carbons (Fsp3) is 0.333. The maximum absolute atomic E-state index is 12.5. The van der Waals surface area contributed by atoms with Gasteiger partial charge in [-0.1, -0.05) is 29.3 Å². The van der Waals surface area contributed by atoms with Gasteiger partial charge in [0.05, 0.1) is 47.7 Å². The van der Waals surface area contributed by atoms with Gasteiger partial charge in [-0.2, -0.15) is 0 Å². The van der Waals surface area contributed by atoms with Crippen molar-refractivity contribution in [2.75, 3.05) is 44.0 Å². The van der Waals surface area contributed by atoms with Crippen molar-refractivity contribution in [1.82, 2.24) is 4.90 Å². The second kappa shape index (κ2) is 11.6. The van der Waals surface area contributed by atoms with Crippen molar-refractivity contribution in [1.29, 1.82) is 0 Å². The van der Waals surface area contributed by atoms with Crippen molar-refractivity contribution in [3.05, 3.63) is 46.4 Å². The molecule has 0 saturated carbocycles. The van der Waals surface area contributed by atoms with Crippen LogP contribution in [0.2, 0.25) is 10.0 Å². The van der Waals surface area contributed by atoms with Crippen molar-refractivity contribution in [2.45, 2.75) is 13.8 Å². The summed E-state index contributed by atoms with van der Waals surface area (Å²) in [6, 6.07) is 10.2. The Labute approximate surface area is 186 Å². The van der Waals surface area contributed by atoms with Crippen LogP contribution in [0.1, 0.15) is 13.8 Å². The molecule has 2 amide bonds. The topological polar surface area (TPSA) is 79.9 Å². The van der Waals surface area contributed by atoms with E-state index in [2.05, 4.69) is 10.6 Å². The maximum atomic E-state index is 12.5. The first-order chi connectivity index (χ1) is 14.3. The lowest BCUT2D eigenvalue weighted by molar-refractivity contribution is -0.119. The number of anilines is 2. The highest BCUT2D eigenvalue weighted by Gasteiger charge is 2.15. The molecule has 0 aliphatic carbocycles. The standard InChI is InChI=1S/C21H25Cl2N3O4/c1-4-29-14-9-10-18(30-5-2)17(11-14)24-19(27)12-26(3)13-20(28)25-21-15(22)7-6-8-16(21)23/h6-11H,4-5,12-13H2,1-3H3,(H,24,27)(H,25,28). The molecule has 9 heteroatoms. The number of halogens is 2. The molecule has 2 aromatic carbocycles. The number of ether oxygens (including phenoxy) is 2. The highest BCUT2D eigenvalue weighted by Crippen LogP contribution is 2.30. The van der Waals surface area contributed by atoms with Gasteiger partial charge in [0.2, 0.25) is 11.8 Å². The molecule has 0 aliphatic rings. The molecule has 30 heavy (non-hydrogen) atoms. The van der Waals surface area contributed by atoms with Crippen molar-refractivity contribution in [3.63, 3.8) is 0 Å². The van der Waals surface area contributed by atoms with E-state index >= 15 is 0 Å².